The number of hydrogen-bond donors (Lipinski definition) is 2. The molecule has 2 aromatic heterocycles. The molecule has 1 amide bonds. The first-order chi connectivity index (χ1) is 18.3. The zero-order valence-electron chi connectivity index (χ0n) is 22.3. The van der Waals surface area contributed by atoms with E-state index < -0.39 is 0 Å². The maximum Gasteiger partial charge on any atom is 0.234 e. The predicted octanol–water partition coefficient (Wildman–Crippen LogP) is 3.92. The number of anilines is 1. The number of primary amides is 1. The van der Waals surface area contributed by atoms with E-state index in [2.05, 4.69) is 51.6 Å². The number of ether oxygens (including phenoxy) is 2. The summed E-state index contributed by atoms with van der Waals surface area (Å²) >= 11 is 0. The van der Waals surface area contributed by atoms with E-state index in [1.807, 2.05) is 12.1 Å². The third-order valence-electron chi connectivity index (χ3n) is 8.56. The number of aromatic nitrogens is 3. The molecular formula is C29H38N6O3. The fourth-order valence-electron chi connectivity index (χ4n) is 6.52. The van der Waals surface area contributed by atoms with Gasteiger partial charge in [0.2, 0.25) is 5.91 Å². The highest BCUT2D eigenvalue weighted by atomic mass is 16.6. The summed E-state index contributed by atoms with van der Waals surface area (Å²) in [6, 6.07) is 8.36. The van der Waals surface area contributed by atoms with Crippen LogP contribution in [0.15, 0.2) is 36.8 Å². The van der Waals surface area contributed by atoms with Gasteiger partial charge >= 0.3 is 0 Å². The minimum Gasteiger partial charge on any atom is -0.491 e. The summed E-state index contributed by atoms with van der Waals surface area (Å²) in [6.07, 6.45) is 9.88. The molecule has 2 saturated heterocycles. The van der Waals surface area contributed by atoms with Crippen LogP contribution in [0.4, 0.5) is 5.82 Å². The Bertz CT molecular complexity index is 1330. The monoisotopic (exact) mass is 518 g/mol. The van der Waals surface area contributed by atoms with Crippen LogP contribution in [0.2, 0.25) is 0 Å². The van der Waals surface area contributed by atoms with Gasteiger partial charge in [0.25, 0.3) is 0 Å². The van der Waals surface area contributed by atoms with Gasteiger partial charge in [-0.25, -0.2) is 9.97 Å². The van der Waals surface area contributed by atoms with Crippen LogP contribution < -0.4 is 16.2 Å². The van der Waals surface area contributed by atoms with Crippen molar-refractivity contribution in [3.63, 3.8) is 0 Å². The summed E-state index contributed by atoms with van der Waals surface area (Å²) in [7, 11) is 0. The van der Waals surface area contributed by atoms with Crippen LogP contribution in [-0.2, 0) is 9.53 Å². The lowest BCUT2D eigenvalue weighted by Crippen LogP contribution is -2.44. The molecule has 4 heterocycles. The Morgan fingerprint density at radius 1 is 1.24 bits per heavy atom. The summed E-state index contributed by atoms with van der Waals surface area (Å²) in [5.41, 5.74) is 14.8. The van der Waals surface area contributed by atoms with Crippen LogP contribution in [0.5, 0.6) is 5.75 Å². The number of nitrogens with zero attached hydrogens (tertiary/aromatic N) is 4. The standard InChI is InChI=1S/C29H38N6O3/c1-29(2)9-8-22(38-29)16-37-21-6-3-5-19(13-21)23-15-35(28-25(23)26(30)32-17-33-28)20-11-18(12-20)14-34-10-4-7-24(34)27(31)36/h3,5-6,13,15,17-18,20,22,24H,4,7-12,14,16H2,1-2H3,(H2,31,36)(H2,30,32,33)/t18-,20-,22?,24-/m1/s1. The van der Waals surface area contributed by atoms with Gasteiger partial charge in [-0.2, -0.15) is 0 Å². The van der Waals surface area contributed by atoms with Gasteiger partial charge in [0.05, 0.1) is 23.1 Å². The van der Waals surface area contributed by atoms with Gasteiger partial charge < -0.3 is 25.5 Å². The van der Waals surface area contributed by atoms with Crippen LogP contribution in [0.3, 0.4) is 0 Å². The minimum atomic E-state index is -0.197. The predicted molar refractivity (Wildman–Crippen MR) is 147 cm³/mol. The molecule has 0 bridgehead atoms. The Kier molecular flexibility index (Phi) is 6.52. The molecule has 2 aliphatic heterocycles. The van der Waals surface area contributed by atoms with Crippen molar-refractivity contribution >= 4 is 22.8 Å². The normalized spacial score (nSPS) is 27.0. The highest BCUT2D eigenvalue weighted by Crippen LogP contribution is 2.44. The van der Waals surface area contributed by atoms with Crippen molar-refractivity contribution in [2.75, 3.05) is 25.4 Å². The molecule has 3 aromatic rings. The van der Waals surface area contributed by atoms with Gasteiger partial charge in [-0.15, -0.1) is 0 Å². The smallest absolute Gasteiger partial charge is 0.234 e. The average Bonchev–Trinajstić information content (AvgIpc) is 3.57. The highest BCUT2D eigenvalue weighted by Gasteiger charge is 2.37. The van der Waals surface area contributed by atoms with Crippen molar-refractivity contribution in [2.45, 2.75) is 76.2 Å². The molecule has 4 N–H and O–H groups in total. The molecule has 38 heavy (non-hydrogen) atoms. The molecule has 9 heteroatoms. The zero-order chi connectivity index (χ0) is 26.4. The molecule has 1 aromatic carbocycles. The Morgan fingerprint density at radius 3 is 2.84 bits per heavy atom. The van der Waals surface area contributed by atoms with Crippen molar-refractivity contribution in [3.05, 3.63) is 36.8 Å². The molecule has 1 saturated carbocycles. The van der Waals surface area contributed by atoms with Gasteiger partial charge in [0, 0.05) is 24.3 Å². The second-order valence-corrected chi connectivity index (χ2v) is 11.8. The van der Waals surface area contributed by atoms with Crippen molar-refractivity contribution in [1.82, 2.24) is 19.4 Å². The fraction of sp³-hybridized carbons (Fsp3) is 0.552. The number of fused-ring (bicyclic) bond motifs is 1. The maximum absolute atomic E-state index is 11.8. The Labute approximate surface area is 223 Å². The Hall–Kier alpha value is -3.17. The van der Waals surface area contributed by atoms with Crippen LogP contribution in [0.25, 0.3) is 22.2 Å². The third-order valence-corrected chi connectivity index (χ3v) is 8.56. The Balaban J connectivity index is 1.19. The average molecular weight is 519 g/mol. The number of amides is 1. The second-order valence-electron chi connectivity index (χ2n) is 11.8. The molecule has 0 spiro atoms. The summed E-state index contributed by atoms with van der Waals surface area (Å²) in [5, 5.41) is 0.877. The topological polar surface area (TPSA) is 122 Å². The highest BCUT2D eigenvalue weighted by molar-refractivity contribution is 6.00. The molecule has 1 aliphatic carbocycles. The number of likely N-dealkylation sites (tertiary alicyclic amines) is 1. The molecule has 2 atom stereocenters. The van der Waals surface area contributed by atoms with Gasteiger partial charge in [-0.05, 0) is 82.5 Å². The molecule has 9 nitrogen and oxygen atoms in total. The lowest BCUT2D eigenvalue weighted by atomic mass is 9.79. The first kappa shape index (κ1) is 25.1. The van der Waals surface area contributed by atoms with Gasteiger partial charge in [0.15, 0.2) is 0 Å². The fourth-order valence-corrected chi connectivity index (χ4v) is 6.52. The quantitative estimate of drug-likeness (QED) is 0.464. The number of rotatable bonds is 8. The van der Waals surface area contributed by atoms with E-state index in [0.29, 0.717) is 24.4 Å². The second kappa shape index (κ2) is 9.85. The summed E-state index contributed by atoms with van der Waals surface area (Å²) in [6.45, 7) is 6.68. The van der Waals surface area contributed by atoms with Gasteiger partial charge in [-0.3, -0.25) is 9.69 Å². The molecule has 202 valence electrons. The number of carbonyl (C=O) groups is 1. The Morgan fingerprint density at radius 2 is 2.08 bits per heavy atom. The minimum absolute atomic E-state index is 0.0756. The number of nitrogens with two attached hydrogens (primary N) is 2. The maximum atomic E-state index is 11.8. The molecule has 3 fully saturated rings. The summed E-state index contributed by atoms with van der Waals surface area (Å²) < 4.78 is 14.5. The van der Waals surface area contributed by atoms with E-state index in [1.54, 1.807) is 6.33 Å². The van der Waals surface area contributed by atoms with E-state index in [-0.39, 0.29) is 23.7 Å². The van der Waals surface area contributed by atoms with Crippen molar-refractivity contribution in [3.8, 4) is 16.9 Å². The van der Waals surface area contributed by atoms with Gasteiger partial charge in [0.1, 0.15) is 30.1 Å². The lowest BCUT2D eigenvalue weighted by molar-refractivity contribution is -0.122. The van der Waals surface area contributed by atoms with Crippen LogP contribution in [-0.4, -0.2) is 62.8 Å². The number of benzene rings is 1. The van der Waals surface area contributed by atoms with Gasteiger partial charge in [-0.1, -0.05) is 12.1 Å². The first-order valence-corrected chi connectivity index (χ1v) is 13.8. The van der Waals surface area contributed by atoms with E-state index in [9.17, 15) is 4.79 Å². The van der Waals surface area contributed by atoms with Crippen molar-refractivity contribution < 1.29 is 14.3 Å². The molecule has 6 rings (SSSR count). The largest absolute Gasteiger partial charge is 0.491 e. The molecule has 3 aliphatic rings. The summed E-state index contributed by atoms with van der Waals surface area (Å²) in [5.74, 6) is 1.64. The zero-order valence-corrected chi connectivity index (χ0v) is 22.3. The van der Waals surface area contributed by atoms with E-state index in [4.69, 9.17) is 20.9 Å². The lowest BCUT2D eigenvalue weighted by Gasteiger charge is -2.39. The van der Waals surface area contributed by atoms with Crippen molar-refractivity contribution in [2.24, 2.45) is 11.7 Å². The molecule has 0 radical (unpaired) electrons. The van der Waals surface area contributed by atoms with Crippen LogP contribution in [0, 0.1) is 5.92 Å². The SMILES string of the molecule is CC1(C)CCC(COc2cccc(-c3cn([C@H]4C[C@H](CN5CCC[C@@H]5C(N)=O)C4)c4ncnc(N)c34)c2)O1. The van der Waals surface area contributed by atoms with E-state index in [0.717, 1.165) is 79.5 Å². The number of nitrogen functional groups attached to an aromatic ring is 1. The summed E-state index contributed by atoms with van der Waals surface area (Å²) in [4.78, 5) is 23.0. The first-order valence-electron chi connectivity index (χ1n) is 13.8. The number of carbonyl (C=O) groups excluding carboxylic acids is 1. The van der Waals surface area contributed by atoms with E-state index >= 15 is 0 Å². The van der Waals surface area contributed by atoms with Crippen LogP contribution >= 0.6 is 0 Å². The van der Waals surface area contributed by atoms with E-state index in [1.165, 1.54) is 0 Å². The van der Waals surface area contributed by atoms with Crippen molar-refractivity contribution in [1.29, 1.82) is 0 Å². The molecular weight excluding hydrogens is 480 g/mol. The third kappa shape index (κ3) is 4.85. The number of hydrogen-bond acceptors (Lipinski definition) is 7. The van der Waals surface area contributed by atoms with Crippen LogP contribution in [0.1, 0.15) is 58.4 Å². The molecule has 1 unspecified atom stereocenters.